The summed E-state index contributed by atoms with van der Waals surface area (Å²) in [6.07, 6.45) is 0. The third-order valence-corrected chi connectivity index (χ3v) is 4.34. The number of nitrogens with zero attached hydrogens (tertiary/aromatic N) is 2. The second kappa shape index (κ2) is 7.98. The van der Waals surface area contributed by atoms with E-state index in [4.69, 9.17) is 4.74 Å². The number of hydrogen-bond acceptors (Lipinski definition) is 3. The van der Waals surface area contributed by atoms with Crippen LogP contribution in [0.4, 0.5) is 23.2 Å². The maximum atomic E-state index is 14.5. The predicted molar refractivity (Wildman–Crippen MR) is 102 cm³/mol. The highest BCUT2D eigenvalue weighted by atomic mass is 19.1. The molecule has 0 spiro atoms. The highest BCUT2D eigenvalue weighted by Crippen LogP contribution is 2.25. The van der Waals surface area contributed by atoms with E-state index in [1.54, 1.807) is 14.1 Å². The fourth-order valence-electron chi connectivity index (χ4n) is 2.87. The molecule has 0 bridgehead atoms. The molecule has 3 aromatic rings. The standard InChI is InChI=1S/C21H18F4N2O2/c1-12-6-16(29-11-13-4-5-14(22)7-17(13)23)10-20(28)27(12)21-18(24)8-15(26(2)3)9-19(21)25/h4-10H,11H2,1-3H3. The van der Waals surface area contributed by atoms with E-state index in [1.165, 1.54) is 24.0 Å². The lowest BCUT2D eigenvalue weighted by Gasteiger charge is -2.17. The third kappa shape index (κ3) is 4.26. The molecule has 0 atom stereocenters. The summed E-state index contributed by atoms with van der Waals surface area (Å²) >= 11 is 0. The second-order valence-electron chi connectivity index (χ2n) is 6.68. The van der Waals surface area contributed by atoms with Crippen molar-refractivity contribution in [2.24, 2.45) is 0 Å². The van der Waals surface area contributed by atoms with Crippen LogP contribution in [0.2, 0.25) is 0 Å². The van der Waals surface area contributed by atoms with Crippen molar-refractivity contribution in [3.8, 4) is 11.4 Å². The quantitative estimate of drug-likeness (QED) is 0.591. The van der Waals surface area contributed by atoms with Crippen molar-refractivity contribution in [2.45, 2.75) is 13.5 Å². The van der Waals surface area contributed by atoms with Crippen molar-refractivity contribution in [1.29, 1.82) is 0 Å². The minimum Gasteiger partial charge on any atom is -0.489 e. The van der Waals surface area contributed by atoms with Crippen molar-refractivity contribution in [1.82, 2.24) is 4.57 Å². The van der Waals surface area contributed by atoms with E-state index in [1.807, 2.05) is 0 Å². The molecule has 0 aliphatic carbocycles. The number of rotatable bonds is 5. The number of aromatic nitrogens is 1. The Hall–Kier alpha value is -3.29. The van der Waals surface area contributed by atoms with Crippen LogP contribution in [0.3, 0.4) is 0 Å². The van der Waals surface area contributed by atoms with Crippen LogP contribution in [0.1, 0.15) is 11.3 Å². The molecule has 1 aromatic heterocycles. The molecule has 0 saturated heterocycles. The molecule has 0 unspecified atom stereocenters. The molecule has 3 rings (SSSR count). The number of aryl methyl sites for hydroxylation is 1. The average Bonchev–Trinajstić information content (AvgIpc) is 2.62. The van der Waals surface area contributed by atoms with Gasteiger partial charge in [-0.05, 0) is 31.2 Å². The predicted octanol–water partition coefficient (Wildman–Crippen LogP) is 4.35. The van der Waals surface area contributed by atoms with Crippen LogP contribution >= 0.6 is 0 Å². The van der Waals surface area contributed by atoms with Gasteiger partial charge in [0.2, 0.25) is 0 Å². The Balaban J connectivity index is 1.93. The molecule has 29 heavy (non-hydrogen) atoms. The number of hydrogen-bond donors (Lipinski definition) is 0. The second-order valence-corrected chi connectivity index (χ2v) is 6.68. The van der Waals surface area contributed by atoms with E-state index in [9.17, 15) is 22.4 Å². The van der Waals surface area contributed by atoms with Crippen LogP contribution < -0.4 is 15.2 Å². The van der Waals surface area contributed by atoms with E-state index in [0.717, 1.165) is 34.9 Å². The molecule has 0 radical (unpaired) electrons. The van der Waals surface area contributed by atoms with Gasteiger partial charge in [0.1, 0.15) is 29.7 Å². The molecule has 152 valence electrons. The number of halogens is 4. The van der Waals surface area contributed by atoms with Crippen LogP contribution in [0.25, 0.3) is 5.69 Å². The summed E-state index contributed by atoms with van der Waals surface area (Å²) < 4.78 is 62.0. The molecule has 0 fully saturated rings. The monoisotopic (exact) mass is 406 g/mol. The van der Waals surface area contributed by atoms with Gasteiger partial charge in [0.25, 0.3) is 5.56 Å². The van der Waals surface area contributed by atoms with Gasteiger partial charge in [-0.3, -0.25) is 9.36 Å². The number of ether oxygens (including phenoxy) is 1. The summed E-state index contributed by atoms with van der Waals surface area (Å²) in [6.45, 7) is 1.25. The fourth-order valence-corrected chi connectivity index (χ4v) is 2.87. The van der Waals surface area contributed by atoms with Crippen molar-refractivity contribution in [3.63, 3.8) is 0 Å². The summed E-state index contributed by atoms with van der Waals surface area (Å²) in [7, 11) is 3.28. The minimum absolute atomic E-state index is 0.0956. The van der Waals surface area contributed by atoms with Crippen LogP contribution in [-0.2, 0) is 6.61 Å². The van der Waals surface area contributed by atoms with Crippen LogP contribution in [0, 0.1) is 30.2 Å². The Bertz CT molecular complexity index is 1100. The fraction of sp³-hybridized carbons (Fsp3) is 0.190. The highest BCUT2D eigenvalue weighted by Gasteiger charge is 2.18. The molecule has 4 nitrogen and oxygen atoms in total. The van der Waals surface area contributed by atoms with Crippen molar-refractivity contribution in [2.75, 3.05) is 19.0 Å². The summed E-state index contributed by atoms with van der Waals surface area (Å²) in [4.78, 5) is 14.1. The zero-order valence-corrected chi connectivity index (χ0v) is 16.0. The van der Waals surface area contributed by atoms with E-state index >= 15 is 0 Å². The Morgan fingerprint density at radius 3 is 2.14 bits per heavy atom. The van der Waals surface area contributed by atoms with Gasteiger partial charge < -0.3 is 9.64 Å². The van der Waals surface area contributed by atoms with Gasteiger partial charge in [0.15, 0.2) is 11.6 Å². The van der Waals surface area contributed by atoms with E-state index < -0.39 is 34.5 Å². The third-order valence-electron chi connectivity index (χ3n) is 4.34. The molecule has 0 aliphatic rings. The Kier molecular flexibility index (Phi) is 5.63. The first-order valence-electron chi connectivity index (χ1n) is 8.64. The van der Waals surface area contributed by atoms with E-state index in [2.05, 4.69) is 0 Å². The van der Waals surface area contributed by atoms with Gasteiger partial charge in [-0.2, -0.15) is 0 Å². The SMILES string of the molecule is Cc1cc(OCc2ccc(F)cc2F)cc(=O)n1-c1c(F)cc(N(C)C)cc1F. The van der Waals surface area contributed by atoms with Crippen molar-refractivity contribution < 1.29 is 22.3 Å². The maximum absolute atomic E-state index is 14.5. The summed E-state index contributed by atoms with van der Waals surface area (Å²) in [6, 6.07) is 7.77. The lowest BCUT2D eigenvalue weighted by atomic mass is 10.2. The maximum Gasteiger partial charge on any atom is 0.259 e. The smallest absolute Gasteiger partial charge is 0.259 e. The van der Waals surface area contributed by atoms with Gasteiger partial charge in [-0.25, -0.2) is 17.6 Å². The molecule has 0 saturated carbocycles. The van der Waals surface area contributed by atoms with Gasteiger partial charge in [0.05, 0.1) is 0 Å². The topological polar surface area (TPSA) is 34.5 Å². The zero-order chi connectivity index (χ0) is 21.3. The molecule has 0 amide bonds. The normalized spacial score (nSPS) is 10.9. The molecule has 2 aromatic carbocycles. The molecule has 1 heterocycles. The largest absolute Gasteiger partial charge is 0.489 e. The Morgan fingerprint density at radius 1 is 0.931 bits per heavy atom. The Morgan fingerprint density at radius 2 is 1.59 bits per heavy atom. The minimum atomic E-state index is -0.888. The summed E-state index contributed by atoms with van der Waals surface area (Å²) in [5, 5.41) is 0. The van der Waals surface area contributed by atoms with Crippen molar-refractivity contribution >= 4 is 5.69 Å². The lowest BCUT2D eigenvalue weighted by molar-refractivity contribution is 0.298. The molecule has 0 N–H and O–H groups in total. The van der Waals surface area contributed by atoms with Crippen molar-refractivity contribution in [3.05, 3.63) is 87.3 Å². The lowest BCUT2D eigenvalue weighted by Crippen LogP contribution is -2.22. The van der Waals surface area contributed by atoms with Gasteiger partial charge >= 0.3 is 0 Å². The van der Waals surface area contributed by atoms with Gasteiger partial charge in [-0.15, -0.1) is 0 Å². The number of benzene rings is 2. The molecule has 8 heteroatoms. The molecular weight excluding hydrogens is 388 g/mol. The number of anilines is 1. The molecular formula is C21H18F4N2O2. The van der Waals surface area contributed by atoms with Crippen LogP contribution in [-0.4, -0.2) is 18.7 Å². The Labute approximate surface area is 164 Å². The first kappa shape index (κ1) is 20.4. The van der Waals surface area contributed by atoms with Crippen LogP contribution in [0.15, 0.2) is 47.3 Å². The van der Waals surface area contributed by atoms with Gasteiger partial charge in [-0.1, -0.05) is 0 Å². The average molecular weight is 406 g/mol. The zero-order valence-electron chi connectivity index (χ0n) is 16.0. The molecule has 0 aliphatic heterocycles. The first-order valence-corrected chi connectivity index (χ1v) is 8.64. The summed E-state index contributed by atoms with van der Waals surface area (Å²) in [5.41, 5.74) is -0.563. The van der Waals surface area contributed by atoms with E-state index in [-0.39, 0.29) is 23.6 Å². The van der Waals surface area contributed by atoms with Gasteiger partial charge in [0, 0.05) is 49.2 Å². The first-order chi connectivity index (χ1) is 13.7. The van der Waals surface area contributed by atoms with E-state index in [0.29, 0.717) is 5.69 Å². The number of pyridine rings is 1. The summed E-state index contributed by atoms with van der Waals surface area (Å²) in [5.74, 6) is -3.17. The highest BCUT2D eigenvalue weighted by molar-refractivity contribution is 5.52. The van der Waals surface area contributed by atoms with Crippen LogP contribution in [0.5, 0.6) is 5.75 Å².